The number of sulfonamides is 1. The summed E-state index contributed by atoms with van der Waals surface area (Å²) in [6.07, 6.45) is 0.727. The van der Waals surface area contributed by atoms with Crippen molar-refractivity contribution in [1.82, 2.24) is 9.62 Å². The highest BCUT2D eigenvalue weighted by Gasteiger charge is 2.22. The van der Waals surface area contributed by atoms with Gasteiger partial charge >= 0.3 is 0 Å². The van der Waals surface area contributed by atoms with Crippen molar-refractivity contribution in [1.29, 1.82) is 0 Å². The molecule has 21 heavy (non-hydrogen) atoms. The lowest BCUT2D eigenvalue weighted by molar-refractivity contribution is 0.378. The molecule has 0 fully saturated rings. The molecule has 1 aromatic rings. The van der Waals surface area contributed by atoms with Gasteiger partial charge in [-0.1, -0.05) is 6.07 Å². The zero-order valence-corrected chi connectivity index (χ0v) is 13.9. The second kappa shape index (κ2) is 7.74. The summed E-state index contributed by atoms with van der Waals surface area (Å²) in [6.45, 7) is 2.94. The van der Waals surface area contributed by atoms with Gasteiger partial charge in [0.05, 0.1) is 7.11 Å². The molecule has 1 unspecified atom stereocenters. The van der Waals surface area contributed by atoms with Gasteiger partial charge in [-0.25, -0.2) is 13.1 Å². The first-order valence-electron chi connectivity index (χ1n) is 6.84. The van der Waals surface area contributed by atoms with Crippen molar-refractivity contribution in [2.24, 2.45) is 5.73 Å². The van der Waals surface area contributed by atoms with Gasteiger partial charge in [-0.15, -0.1) is 0 Å². The highest BCUT2D eigenvalue weighted by Crippen LogP contribution is 2.25. The van der Waals surface area contributed by atoms with E-state index in [0.29, 0.717) is 5.75 Å². The van der Waals surface area contributed by atoms with Crippen LogP contribution in [0.25, 0.3) is 0 Å². The van der Waals surface area contributed by atoms with Crippen LogP contribution in [-0.2, 0) is 16.6 Å². The van der Waals surface area contributed by atoms with Crippen LogP contribution >= 0.6 is 0 Å². The number of methoxy groups -OCH3 is 1. The number of nitrogens with zero attached hydrogens (tertiary/aromatic N) is 1. The van der Waals surface area contributed by atoms with Crippen molar-refractivity contribution in [3.63, 3.8) is 0 Å². The number of hydrogen-bond acceptors (Lipinski definition) is 5. The van der Waals surface area contributed by atoms with E-state index in [4.69, 9.17) is 10.5 Å². The fourth-order valence-corrected chi connectivity index (χ4v) is 3.39. The molecule has 1 atom stereocenters. The van der Waals surface area contributed by atoms with E-state index in [-0.39, 0.29) is 17.5 Å². The molecular formula is C14H25N3O3S. The monoisotopic (exact) mass is 315 g/mol. The van der Waals surface area contributed by atoms with E-state index in [0.717, 1.165) is 18.5 Å². The minimum Gasteiger partial charge on any atom is -0.495 e. The van der Waals surface area contributed by atoms with Crippen LogP contribution in [0.2, 0.25) is 0 Å². The lowest BCUT2D eigenvalue weighted by Gasteiger charge is -2.18. The molecule has 3 N–H and O–H groups in total. The Bertz CT molecular complexity index is 559. The van der Waals surface area contributed by atoms with Gasteiger partial charge in [-0.3, -0.25) is 0 Å². The molecule has 0 aliphatic heterocycles. The van der Waals surface area contributed by atoms with Crippen LogP contribution in [-0.4, -0.2) is 47.1 Å². The van der Waals surface area contributed by atoms with E-state index < -0.39 is 10.0 Å². The lowest BCUT2D eigenvalue weighted by Crippen LogP contribution is -2.35. The fourth-order valence-electron chi connectivity index (χ4n) is 1.90. The van der Waals surface area contributed by atoms with Crippen LogP contribution < -0.4 is 15.2 Å². The first-order valence-corrected chi connectivity index (χ1v) is 8.32. The van der Waals surface area contributed by atoms with Crippen LogP contribution in [0.4, 0.5) is 0 Å². The quantitative estimate of drug-likeness (QED) is 0.740. The normalized spacial score (nSPS) is 13.4. The summed E-state index contributed by atoms with van der Waals surface area (Å²) in [5, 5.41) is 0. The molecule has 0 aromatic heterocycles. The molecule has 0 radical (unpaired) electrons. The summed E-state index contributed by atoms with van der Waals surface area (Å²) in [5.41, 5.74) is 6.32. The van der Waals surface area contributed by atoms with Crippen molar-refractivity contribution in [3.8, 4) is 5.75 Å². The van der Waals surface area contributed by atoms with Crippen LogP contribution in [0.1, 0.15) is 18.9 Å². The molecule has 1 aromatic carbocycles. The summed E-state index contributed by atoms with van der Waals surface area (Å²) in [7, 11) is 1.73. The van der Waals surface area contributed by atoms with Gasteiger partial charge in [0.25, 0.3) is 0 Å². The van der Waals surface area contributed by atoms with E-state index in [9.17, 15) is 8.42 Å². The topological polar surface area (TPSA) is 84.7 Å². The summed E-state index contributed by atoms with van der Waals surface area (Å²) in [6, 6.07) is 4.78. The SMILES string of the molecule is COc1ccc(CN)cc1S(=O)(=O)NC(C)CCN(C)C. The third kappa shape index (κ3) is 5.28. The van der Waals surface area contributed by atoms with Crippen LogP contribution in [0.5, 0.6) is 5.75 Å². The Morgan fingerprint density at radius 3 is 2.57 bits per heavy atom. The van der Waals surface area contributed by atoms with Crippen molar-refractivity contribution in [2.45, 2.75) is 30.8 Å². The van der Waals surface area contributed by atoms with E-state index in [1.54, 1.807) is 18.2 Å². The van der Waals surface area contributed by atoms with Gasteiger partial charge in [0.2, 0.25) is 10.0 Å². The molecule has 0 saturated heterocycles. The Balaban J connectivity index is 2.96. The largest absolute Gasteiger partial charge is 0.495 e. The number of benzene rings is 1. The van der Waals surface area contributed by atoms with Crippen LogP contribution in [0.3, 0.4) is 0 Å². The molecule has 0 saturated carbocycles. The van der Waals surface area contributed by atoms with E-state index in [1.807, 2.05) is 25.9 Å². The molecule has 7 heteroatoms. The molecule has 120 valence electrons. The van der Waals surface area contributed by atoms with Gasteiger partial charge in [-0.2, -0.15) is 0 Å². The van der Waals surface area contributed by atoms with Crippen molar-refractivity contribution in [3.05, 3.63) is 23.8 Å². The van der Waals surface area contributed by atoms with E-state index >= 15 is 0 Å². The molecule has 0 amide bonds. The van der Waals surface area contributed by atoms with Gasteiger partial charge in [0.1, 0.15) is 10.6 Å². The summed E-state index contributed by atoms with van der Waals surface area (Å²) >= 11 is 0. The standard InChI is InChI=1S/C14H25N3O3S/c1-11(7-8-17(2)3)16-21(18,19)14-9-12(10-15)5-6-13(14)20-4/h5-6,9,11,16H,7-8,10,15H2,1-4H3. The summed E-state index contributed by atoms with van der Waals surface area (Å²) in [5.74, 6) is 0.319. The van der Waals surface area contributed by atoms with Gasteiger partial charge in [0.15, 0.2) is 0 Å². The predicted molar refractivity (Wildman–Crippen MR) is 83.8 cm³/mol. The minimum atomic E-state index is -3.63. The van der Waals surface area contributed by atoms with Crippen molar-refractivity contribution in [2.75, 3.05) is 27.7 Å². The second-order valence-electron chi connectivity index (χ2n) is 5.30. The van der Waals surface area contributed by atoms with E-state index in [1.165, 1.54) is 7.11 Å². The number of ether oxygens (including phenoxy) is 1. The molecule has 0 aliphatic rings. The highest BCUT2D eigenvalue weighted by molar-refractivity contribution is 7.89. The summed E-state index contributed by atoms with van der Waals surface area (Å²) in [4.78, 5) is 2.14. The Kier molecular flexibility index (Phi) is 6.60. The van der Waals surface area contributed by atoms with Crippen molar-refractivity contribution < 1.29 is 13.2 Å². The third-order valence-corrected chi connectivity index (χ3v) is 4.73. The lowest BCUT2D eigenvalue weighted by atomic mass is 10.2. The summed E-state index contributed by atoms with van der Waals surface area (Å²) < 4.78 is 32.8. The molecule has 0 aliphatic carbocycles. The van der Waals surface area contributed by atoms with Gasteiger partial charge in [-0.05, 0) is 51.7 Å². The first-order chi connectivity index (χ1) is 9.80. The third-order valence-electron chi connectivity index (χ3n) is 3.12. The first kappa shape index (κ1) is 17.9. The van der Waals surface area contributed by atoms with Crippen LogP contribution in [0, 0.1) is 0 Å². The maximum atomic E-state index is 12.5. The number of hydrogen-bond donors (Lipinski definition) is 2. The number of nitrogens with one attached hydrogen (secondary N) is 1. The fraction of sp³-hybridized carbons (Fsp3) is 0.571. The average molecular weight is 315 g/mol. The maximum absolute atomic E-state index is 12.5. The molecule has 0 spiro atoms. The zero-order chi connectivity index (χ0) is 16.0. The zero-order valence-electron chi connectivity index (χ0n) is 13.1. The average Bonchev–Trinajstić information content (AvgIpc) is 2.44. The predicted octanol–water partition coefficient (Wildman–Crippen LogP) is 0.772. The van der Waals surface area contributed by atoms with Gasteiger partial charge in [0, 0.05) is 12.6 Å². The highest BCUT2D eigenvalue weighted by atomic mass is 32.2. The molecule has 0 heterocycles. The smallest absolute Gasteiger partial charge is 0.244 e. The Morgan fingerprint density at radius 2 is 2.05 bits per heavy atom. The molecule has 6 nitrogen and oxygen atoms in total. The second-order valence-corrected chi connectivity index (χ2v) is 6.99. The van der Waals surface area contributed by atoms with Gasteiger partial charge < -0.3 is 15.4 Å². The Morgan fingerprint density at radius 1 is 1.38 bits per heavy atom. The molecular weight excluding hydrogens is 290 g/mol. The minimum absolute atomic E-state index is 0.129. The Labute approximate surface area is 127 Å². The molecule has 1 rings (SSSR count). The van der Waals surface area contributed by atoms with Crippen molar-refractivity contribution >= 4 is 10.0 Å². The van der Waals surface area contributed by atoms with Crippen LogP contribution in [0.15, 0.2) is 23.1 Å². The van der Waals surface area contributed by atoms with E-state index in [2.05, 4.69) is 4.72 Å². The number of rotatable bonds is 8. The number of nitrogens with two attached hydrogens (primary N) is 1. The molecule has 0 bridgehead atoms. The maximum Gasteiger partial charge on any atom is 0.244 e. The Hall–Kier alpha value is -1.15.